The van der Waals surface area contributed by atoms with Crippen LogP contribution in [0.2, 0.25) is 0 Å². The highest BCUT2D eigenvalue weighted by Crippen LogP contribution is 2.32. The standard InChI is InChI=1S/C21H22N4O4.C2HF3O2/c1-12-10-23-18(26)13(2)24-19(27)14(3)25-20(28)21(22)8-7-15-5-4-6-17(29-11-12)16(15)9-21;3-2(4,5)1(6)7/h4-8,10H,9,11,22H2,1-3H3,(H,23,26);(H,6,7)/b12-10+,24-13?,25-14?;. The maximum Gasteiger partial charge on any atom is 0.490 e. The molecule has 10 nitrogen and oxygen atoms in total. The Kier molecular flexibility index (Phi) is 8.65. The van der Waals surface area contributed by atoms with Gasteiger partial charge in [-0.25, -0.2) is 14.8 Å². The Bertz CT molecular complexity index is 1220. The van der Waals surface area contributed by atoms with E-state index >= 15 is 0 Å². The molecule has 1 aliphatic heterocycles. The van der Waals surface area contributed by atoms with Crippen LogP contribution < -0.4 is 15.8 Å². The van der Waals surface area contributed by atoms with Crippen molar-refractivity contribution >= 4 is 41.2 Å². The zero-order chi connectivity index (χ0) is 27.3. The van der Waals surface area contributed by atoms with Gasteiger partial charge in [0.15, 0.2) is 0 Å². The number of carbonyl (C=O) groups excluding carboxylic acids is 3. The Morgan fingerprint density at radius 1 is 1.14 bits per heavy atom. The van der Waals surface area contributed by atoms with Gasteiger partial charge in [-0.2, -0.15) is 13.2 Å². The van der Waals surface area contributed by atoms with Crippen molar-refractivity contribution in [2.24, 2.45) is 15.7 Å². The second-order valence-corrected chi connectivity index (χ2v) is 7.93. The third-order valence-electron chi connectivity index (χ3n) is 4.92. The van der Waals surface area contributed by atoms with E-state index in [1.54, 1.807) is 25.1 Å². The minimum atomic E-state index is -5.08. The van der Waals surface area contributed by atoms with Crippen molar-refractivity contribution in [3.8, 4) is 5.75 Å². The topological polar surface area (TPSA) is 161 Å². The lowest BCUT2D eigenvalue weighted by molar-refractivity contribution is -0.192. The summed E-state index contributed by atoms with van der Waals surface area (Å²) in [5, 5.41) is 9.69. The molecule has 0 spiro atoms. The van der Waals surface area contributed by atoms with Crippen LogP contribution in [0.25, 0.3) is 6.08 Å². The normalized spacial score (nSPS) is 22.1. The highest BCUT2D eigenvalue weighted by molar-refractivity contribution is 6.47. The summed E-state index contributed by atoms with van der Waals surface area (Å²) in [4.78, 5) is 53.6. The van der Waals surface area contributed by atoms with Gasteiger partial charge in [0.05, 0.1) is 0 Å². The first-order chi connectivity index (χ1) is 16.6. The van der Waals surface area contributed by atoms with E-state index in [0.29, 0.717) is 5.75 Å². The highest BCUT2D eigenvalue weighted by Gasteiger charge is 2.38. The minimum absolute atomic E-state index is 0.0518. The van der Waals surface area contributed by atoms with Crippen molar-refractivity contribution < 1.29 is 42.2 Å². The molecule has 0 saturated carbocycles. The molecule has 3 amide bonds. The predicted octanol–water partition coefficient (Wildman–Crippen LogP) is 1.97. The number of aliphatic carboxylic acids is 1. The third-order valence-corrected chi connectivity index (χ3v) is 4.92. The van der Waals surface area contributed by atoms with Gasteiger partial charge in [-0.1, -0.05) is 24.3 Å². The first-order valence-corrected chi connectivity index (χ1v) is 10.3. The van der Waals surface area contributed by atoms with Gasteiger partial charge in [-0.3, -0.25) is 14.4 Å². The van der Waals surface area contributed by atoms with E-state index in [4.69, 9.17) is 20.4 Å². The van der Waals surface area contributed by atoms with Crippen LogP contribution in [0.3, 0.4) is 0 Å². The number of carbonyl (C=O) groups is 4. The van der Waals surface area contributed by atoms with Crippen molar-refractivity contribution in [3.63, 3.8) is 0 Å². The van der Waals surface area contributed by atoms with Crippen LogP contribution in [0, 0.1) is 0 Å². The van der Waals surface area contributed by atoms with Crippen LogP contribution in [-0.2, 0) is 25.6 Å². The van der Waals surface area contributed by atoms with Crippen LogP contribution in [0.4, 0.5) is 13.2 Å². The molecular formula is C23H23F3N4O6. The molecule has 192 valence electrons. The summed E-state index contributed by atoms with van der Waals surface area (Å²) in [5.41, 5.74) is 7.15. The van der Waals surface area contributed by atoms with Crippen LogP contribution in [0.15, 0.2) is 46.0 Å². The lowest BCUT2D eigenvalue weighted by Gasteiger charge is -2.28. The predicted molar refractivity (Wildman–Crippen MR) is 123 cm³/mol. The maximum atomic E-state index is 12.8. The van der Waals surface area contributed by atoms with E-state index in [1.165, 1.54) is 20.0 Å². The average molecular weight is 508 g/mol. The van der Waals surface area contributed by atoms with Gasteiger partial charge in [0.1, 0.15) is 29.3 Å². The summed E-state index contributed by atoms with van der Waals surface area (Å²) in [6.45, 7) is 4.78. The van der Waals surface area contributed by atoms with Crippen LogP contribution in [-0.4, -0.2) is 58.5 Å². The molecule has 1 aromatic carbocycles. The van der Waals surface area contributed by atoms with Gasteiger partial charge in [0, 0.05) is 18.2 Å². The number of carboxylic acids is 1. The van der Waals surface area contributed by atoms with E-state index in [0.717, 1.165) is 16.7 Å². The summed E-state index contributed by atoms with van der Waals surface area (Å²) < 4.78 is 37.6. The van der Waals surface area contributed by atoms with Crippen molar-refractivity contribution in [2.45, 2.75) is 38.9 Å². The molecule has 3 rings (SSSR count). The average Bonchev–Trinajstić information content (AvgIpc) is 2.80. The zero-order valence-electron chi connectivity index (χ0n) is 19.5. The molecule has 1 atom stereocenters. The molecule has 2 bridgehead atoms. The summed E-state index contributed by atoms with van der Waals surface area (Å²) in [5.74, 6) is -4.14. The summed E-state index contributed by atoms with van der Waals surface area (Å²) in [6, 6.07) is 5.55. The number of benzene rings is 1. The number of alkyl halides is 3. The molecule has 0 saturated heterocycles. The number of aliphatic imine (C=N–C) groups is 2. The van der Waals surface area contributed by atoms with E-state index in [9.17, 15) is 27.6 Å². The number of carboxylic acid groups (broad SMARTS) is 1. The van der Waals surface area contributed by atoms with E-state index in [1.807, 2.05) is 12.1 Å². The fraction of sp³-hybridized carbons (Fsp3) is 0.304. The fourth-order valence-corrected chi connectivity index (χ4v) is 2.91. The second kappa shape index (κ2) is 11.1. The SMILES string of the molecule is CC1=NC(=O)C2(N)C=Cc3cccc(c3C2)OC/C(C)=C/NC(=O)C(C)=NC1=O.O=C(O)C(F)(F)F. The van der Waals surface area contributed by atoms with Gasteiger partial charge < -0.3 is 20.9 Å². The molecule has 1 aliphatic carbocycles. The third kappa shape index (κ3) is 7.18. The molecule has 1 heterocycles. The van der Waals surface area contributed by atoms with E-state index in [2.05, 4.69) is 15.3 Å². The zero-order valence-corrected chi connectivity index (χ0v) is 19.5. The molecule has 1 aromatic rings. The Morgan fingerprint density at radius 2 is 1.78 bits per heavy atom. The Balaban J connectivity index is 0.000000572. The second-order valence-electron chi connectivity index (χ2n) is 7.93. The molecule has 4 N–H and O–H groups in total. The van der Waals surface area contributed by atoms with Gasteiger partial charge in [0.2, 0.25) is 0 Å². The Hall–Kier alpha value is -4.13. The Labute approximate surface area is 203 Å². The van der Waals surface area contributed by atoms with Crippen molar-refractivity contribution in [2.75, 3.05) is 6.61 Å². The maximum absolute atomic E-state index is 12.8. The van der Waals surface area contributed by atoms with Crippen molar-refractivity contribution in [1.29, 1.82) is 0 Å². The first kappa shape index (κ1) is 28.1. The number of nitrogens with one attached hydrogen (secondary N) is 1. The van der Waals surface area contributed by atoms with Crippen LogP contribution >= 0.6 is 0 Å². The molecular weight excluding hydrogens is 485 g/mol. The smallest absolute Gasteiger partial charge is 0.489 e. The van der Waals surface area contributed by atoms with Gasteiger partial charge in [-0.05, 0) is 38.0 Å². The number of fused-ring (bicyclic) bond motifs is 1. The lowest BCUT2D eigenvalue weighted by Crippen LogP contribution is -2.49. The minimum Gasteiger partial charge on any atom is -0.489 e. The summed E-state index contributed by atoms with van der Waals surface area (Å²) in [7, 11) is 0. The molecule has 36 heavy (non-hydrogen) atoms. The number of hydrogen-bond acceptors (Lipinski definition) is 6. The first-order valence-electron chi connectivity index (χ1n) is 10.3. The Morgan fingerprint density at radius 3 is 2.39 bits per heavy atom. The number of nitrogens with zero attached hydrogens (tertiary/aromatic N) is 2. The molecule has 13 heteroatoms. The molecule has 2 aliphatic rings. The van der Waals surface area contributed by atoms with E-state index in [-0.39, 0.29) is 24.5 Å². The highest BCUT2D eigenvalue weighted by atomic mass is 19.4. The summed E-state index contributed by atoms with van der Waals surface area (Å²) in [6.07, 6.45) is -0.0607. The monoisotopic (exact) mass is 508 g/mol. The fourth-order valence-electron chi connectivity index (χ4n) is 2.91. The van der Waals surface area contributed by atoms with Gasteiger partial charge in [0.25, 0.3) is 17.7 Å². The number of nitrogens with two attached hydrogens (primary N) is 1. The van der Waals surface area contributed by atoms with Crippen LogP contribution in [0.5, 0.6) is 5.75 Å². The quantitative estimate of drug-likeness (QED) is 0.483. The van der Waals surface area contributed by atoms with Crippen molar-refractivity contribution in [1.82, 2.24) is 5.32 Å². The van der Waals surface area contributed by atoms with Crippen molar-refractivity contribution in [3.05, 3.63) is 47.2 Å². The van der Waals surface area contributed by atoms with E-state index < -0.39 is 35.4 Å². The molecule has 1 unspecified atom stereocenters. The number of hydrogen-bond donors (Lipinski definition) is 3. The number of rotatable bonds is 0. The largest absolute Gasteiger partial charge is 0.490 e. The summed E-state index contributed by atoms with van der Waals surface area (Å²) >= 11 is 0. The number of amides is 3. The molecule has 0 fully saturated rings. The number of ether oxygens (including phenoxy) is 1. The molecule has 0 radical (unpaired) electrons. The van der Waals surface area contributed by atoms with Gasteiger partial charge >= 0.3 is 12.1 Å². The van der Waals surface area contributed by atoms with Gasteiger partial charge in [-0.15, -0.1) is 0 Å². The lowest BCUT2D eigenvalue weighted by atomic mass is 9.83. The number of halogens is 3. The molecule has 0 aromatic heterocycles. The van der Waals surface area contributed by atoms with Crippen LogP contribution in [0.1, 0.15) is 31.9 Å².